The van der Waals surface area contributed by atoms with Crippen molar-refractivity contribution in [3.63, 3.8) is 0 Å². The summed E-state index contributed by atoms with van der Waals surface area (Å²) in [5.41, 5.74) is -0.275. The van der Waals surface area contributed by atoms with Crippen LogP contribution in [0, 0.1) is 0 Å². The van der Waals surface area contributed by atoms with Crippen LogP contribution in [0.15, 0.2) is 12.7 Å². The first-order chi connectivity index (χ1) is 5.18. The van der Waals surface area contributed by atoms with Gasteiger partial charge in [0, 0.05) is 14.2 Å². The van der Waals surface area contributed by atoms with E-state index in [0.717, 1.165) is 29.5 Å². The molecule has 0 aliphatic rings. The van der Waals surface area contributed by atoms with E-state index in [1.807, 2.05) is 6.08 Å². The van der Waals surface area contributed by atoms with Gasteiger partial charge in [-0.3, -0.25) is 0 Å². The van der Waals surface area contributed by atoms with Crippen molar-refractivity contribution in [1.29, 1.82) is 0 Å². The average molecular weight is 174 g/mol. The van der Waals surface area contributed by atoms with Crippen LogP contribution in [0.2, 0.25) is 0 Å². The van der Waals surface area contributed by atoms with Crippen molar-refractivity contribution < 1.29 is 9.47 Å². The molecule has 0 saturated carbocycles. The quantitative estimate of drug-likeness (QED) is 0.255. The highest BCUT2D eigenvalue weighted by Crippen LogP contribution is 2.14. The average Bonchev–Trinajstić information content (AvgIpc) is 2.05. The fourth-order valence-electron chi connectivity index (χ4n) is 0.855. The van der Waals surface area contributed by atoms with Gasteiger partial charge in [-0.1, -0.05) is 6.08 Å². The topological polar surface area (TPSA) is 18.5 Å². The van der Waals surface area contributed by atoms with E-state index in [1.54, 1.807) is 14.2 Å². The van der Waals surface area contributed by atoms with Gasteiger partial charge in [-0.15, -0.1) is 6.58 Å². The Morgan fingerprint density at radius 2 is 2.00 bits per heavy atom. The van der Waals surface area contributed by atoms with Crippen molar-refractivity contribution in [2.24, 2.45) is 0 Å². The van der Waals surface area contributed by atoms with Gasteiger partial charge >= 0.3 is 0 Å². The minimum Gasteiger partial charge on any atom is -0.358 e. The Bertz CT molecular complexity index is 111. The van der Waals surface area contributed by atoms with Crippen LogP contribution in [0.3, 0.4) is 0 Å². The van der Waals surface area contributed by atoms with Gasteiger partial charge < -0.3 is 9.47 Å². The number of unbranched alkanes of at least 4 members (excludes halogenated alkanes) is 1. The number of methoxy groups -OCH3 is 2. The molecule has 0 heterocycles. The second-order valence-corrected chi connectivity index (χ2v) is 4.25. The molecule has 11 heavy (non-hydrogen) atoms. The molecular formula is C8H18O2Si. The molecule has 0 aromatic carbocycles. The van der Waals surface area contributed by atoms with Crippen LogP contribution < -0.4 is 0 Å². The van der Waals surface area contributed by atoms with E-state index >= 15 is 0 Å². The van der Waals surface area contributed by atoms with E-state index in [-0.39, 0.29) is 5.41 Å². The number of rotatable bonds is 6. The highest BCUT2D eigenvalue weighted by Gasteiger charge is 2.20. The Balaban J connectivity index is 3.59. The summed E-state index contributed by atoms with van der Waals surface area (Å²) >= 11 is 0. The summed E-state index contributed by atoms with van der Waals surface area (Å²) in [4.78, 5) is 0. The van der Waals surface area contributed by atoms with Crippen LogP contribution in [0.25, 0.3) is 0 Å². The highest BCUT2D eigenvalue weighted by molar-refractivity contribution is 6.13. The van der Waals surface area contributed by atoms with Crippen LogP contribution in [-0.2, 0) is 9.47 Å². The predicted molar refractivity (Wildman–Crippen MR) is 50.7 cm³/mol. The maximum Gasteiger partial charge on any atom is 0.140 e. The number of allylic oxidation sites excluding steroid dienone is 1. The molecular weight excluding hydrogens is 156 g/mol. The summed E-state index contributed by atoms with van der Waals surface area (Å²) in [5, 5.41) is 0. The second kappa shape index (κ2) is 5.52. The van der Waals surface area contributed by atoms with Crippen molar-refractivity contribution in [3.05, 3.63) is 12.7 Å². The Morgan fingerprint density at radius 3 is 2.36 bits per heavy atom. The fourth-order valence-corrected chi connectivity index (χ4v) is 1.21. The molecule has 0 spiro atoms. The smallest absolute Gasteiger partial charge is 0.140 e. The summed E-state index contributed by atoms with van der Waals surface area (Å²) in [6, 6.07) is 0. The first-order valence-corrected chi connectivity index (χ1v) is 4.89. The maximum absolute atomic E-state index is 5.24. The normalized spacial score (nSPS) is 11.8. The second-order valence-electron chi connectivity index (χ2n) is 2.72. The van der Waals surface area contributed by atoms with Gasteiger partial charge in [-0.05, 0) is 19.3 Å². The molecule has 3 heteroatoms. The molecule has 0 radical (unpaired) electrons. The molecule has 66 valence electrons. The lowest BCUT2D eigenvalue weighted by Gasteiger charge is -2.26. The Morgan fingerprint density at radius 1 is 1.45 bits per heavy atom. The van der Waals surface area contributed by atoms with Crippen molar-refractivity contribution in [2.75, 3.05) is 14.2 Å². The van der Waals surface area contributed by atoms with E-state index in [9.17, 15) is 0 Å². The summed E-state index contributed by atoms with van der Waals surface area (Å²) in [5.74, 6) is 0. The molecule has 0 saturated heterocycles. The van der Waals surface area contributed by atoms with Crippen LogP contribution in [0.1, 0.15) is 19.3 Å². The first-order valence-electron chi connectivity index (χ1n) is 3.89. The Hall–Kier alpha value is -0.123. The first kappa shape index (κ1) is 10.9. The van der Waals surface area contributed by atoms with Gasteiger partial charge in [-0.25, -0.2) is 0 Å². The van der Waals surface area contributed by atoms with Gasteiger partial charge in [-0.2, -0.15) is 0 Å². The number of ether oxygens (including phenoxy) is 2. The molecule has 0 N–H and O–H groups in total. The van der Waals surface area contributed by atoms with E-state index in [1.165, 1.54) is 0 Å². The van der Waals surface area contributed by atoms with Gasteiger partial charge in [0.15, 0.2) is 0 Å². The van der Waals surface area contributed by atoms with Gasteiger partial charge in [0.05, 0.1) is 10.2 Å². The van der Waals surface area contributed by atoms with Gasteiger partial charge in [0.2, 0.25) is 0 Å². The third-order valence-electron chi connectivity index (χ3n) is 1.90. The molecule has 0 aromatic heterocycles. The van der Waals surface area contributed by atoms with Crippen molar-refractivity contribution >= 4 is 10.2 Å². The molecule has 0 amide bonds. The molecule has 0 unspecified atom stereocenters. The van der Waals surface area contributed by atoms with E-state index in [2.05, 4.69) is 6.58 Å². The molecule has 0 aliphatic heterocycles. The predicted octanol–water partition coefficient (Wildman–Crippen LogP) is 0.655. The molecule has 0 fully saturated rings. The van der Waals surface area contributed by atoms with E-state index in [4.69, 9.17) is 9.47 Å². The van der Waals surface area contributed by atoms with Crippen LogP contribution >= 0.6 is 0 Å². The highest BCUT2D eigenvalue weighted by atomic mass is 28.1. The summed E-state index contributed by atoms with van der Waals surface area (Å²) in [6.07, 6.45) is 5.02. The van der Waals surface area contributed by atoms with Gasteiger partial charge in [0.1, 0.15) is 5.41 Å². The van der Waals surface area contributed by atoms with Crippen molar-refractivity contribution in [1.82, 2.24) is 0 Å². The number of hydrogen-bond donors (Lipinski definition) is 0. The molecule has 0 aliphatic carbocycles. The lowest BCUT2D eigenvalue weighted by molar-refractivity contribution is -0.146. The van der Waals surface area contributed by atoms with Crippen LogP contribution in [0.5, 0.6) is 0 Å². The summed E-state index contributed by atoms with van der Waals surface area (Å²) in [7, 11) is 4.31. The summed E-state index contributed by atoms with van der Waals surface area (Å²) in [6.45, 7) is 3.66. The third kappa shape index (κ3) is 4.34. The standard InChI is InChI=1S/C8H18O2Si/c1-4-5-6-7-8(11,9-2)10-3/h4H,1,5-7H2,2-3,11H3. The van der Waals surface area contributed by atoms with Gasteiger partial charge in [0.25, 0.3) is 0 Å². The molecule has 0 atom stereocenters. The van der Waals surface area contributed by atoms with Crippen molar-refractivity contribution in [2.45, 2.75) is 24.7 Å². The van der Waals surface area contributed by atoms with E-state index in [0.29, 0.717) is 0 Å². The minimum absolute atomic E-state index is 0.275. The zero-order chi connectivity index (χ0) is 8.74. The molecule has 0 aromatic rings. The van der Waals surface area contributed by atoms with Crippen molar-refractivity contribution in [3.8, 4) is 0 Å². The Kier molecular flexibility index (Phi) is 5.46. The van der Waals surface area contributed by atoms with Crippen LogP contribution in [-0.4, -0.2) is 29.9 Å². The van der Waals surface area contributed by atoms with E-state index < -0.39 is 0 Å². The number of hydrogen-bond acceptors (Lipinski definition) is 2. The Labute approximate surface area is 72.0 Å². The maximum atomic E-state index is 5.24. The zero-order valence-corrected chi connectivity index (χ0v) is 9.72. The molecule has 0 bridgehead atoms. The molecule has 2 nitrogen and oxygen atoms in total. The van der Waals surface area contributed by atoms with Crippen LogP contribution in [0.4, 0.5) is 0 Å². The fraction of sp³-hybridized carbons (Fsp3) is 0.750. The monoisotopic (exact) mass is 174 g/mol. The lowest BCUT2D eigenvalue weighted by Crippen LogP contribution is -2.33. The largest absolute Gasteiger partial charge is 0.358 e. The third-order valence-corrected chi connectivity index (χ3v) is 3.22. The SMILES string of the molecule is C=CCCCC([SiH3])(OC)OC. The molecule has 0 rings (SSSR count). The zero-order valence-electron chi connectivity index (χ0n) is 7.72. The summed E-state index contributed by atoms with van der Waals surface area (Å²) < 4.78 is 10.5. The lowest BCUT2D eigenvalue weighted by atomic mass is 10.2. The minimum atomic E-state index is -0.275.